The van der Waals surface area contributed by atoms with Crippen molar-refractivity contribution in [2.24, 2.45) is 5.73 Å². The van der Waals surface area contributed by atoms with Gasteiger partial charge in [-0.1, -0.05) is 12.2 Å². The summed E-state index contributed by atoms with van der Waals surface area (Å²) in [7, 11) is 0. The first-order valence-corrected chi connectivity index (χ1v) is 7.06. The summed E-state index contributed by atoms with van der Waals surface area (Å²) in [4.78, 5) is 6.72. The molecular weight excluding hydrogens is 274 g/mol. The molecule has 0 bridgehead atoms. The van der Waals surface area contributed by atoms with Crippen molar-refractivity contribution in [2.45, 2.75) is 32.1 Å². The Bertz CT molecular complexity index is 493. The Hall–Kier alpha value is -1.08. The maximum atomic E-state index is 9.33. The minimum absolute atomic E-state index is 0.0361. The second kappa shape index (κ2) is 6.13. The summed E-state index contributed by atoms with van der Waals surface area (Å²) in [6, 6.07) is 3.87. The molecule has 1 aromatic rings. The standard InChI is InChI=1S/C14H21N3O2S/c1-14(2)9-17(7-11(8-18)19-14)6-10-3-4-16-12(5-10)13(15)20/h3-5,11,18H,6-9H2,1-2H3,(H2,15,20). The Morgan fingerprint density at radius 1 is 1.65 bits per heavy atom. The van der Waals surface area contributed by atoms with Crippen LogP contribution >= 0.6 is 12.2 Å². The van der Waals surface area contributed by atoms with Gasteiger partial charge in [0, 0.05) is 25.8 Å². The number of aliphatic hydroxyl groups excluding tert-OH is 1. The molecular formula is C14H21N3O2S. The predicted octanol–water partition coefficient (Wildman–Crippen LogP) is 0.688. The summed E-state index contributed by atoms with van der Waals surface area (Å²) in [6.07, 6.45) is 1.58. The summed E-state index contributed by atoms with van der Waals surface area (Å²) in [6.45, 7) is 6.40. The van der Waals surface area contributed by atoms with Crippen LogP contribution in [-0.4, -0.2) is 51.4 Å². The number of nitrogens with zero attached hydrogens (tertiary/aromatic N) is 2. The van der Waals surface area contributed by atoms with E-state index < -0.39 is 0 Å². The number of morpholine rings is 1. The Balaban J connectivity index is 2.09. The van der Waals surface area contributed by atoms with Gasteiger partial charge in [-0.25, -0.2) is 0 Å². The molecule has 1 saturated heterocycles. The van der Waals surface area contributed by atoms with Gasteiger partial charge in [-0.3, -0.25) is 9.88 Å². The van der Waals surface area contributed by atoms with E-state index >= 15 is 0 Å². The zero-order chi connectivity index (χ0) is 14.8. The zero-order valence-electron chi connectivity index (χ0n) is 11.9. The molecule has 1 aromatic heterocycles. The van der Waals surface area contributed by atoms with Gasteiger partial charge in [0.2, 0.25) is 0 Å². The van der Waals surface area contributed by atoms with Gasteiger partial charge in [0.1, 0.15) is 4.99 Å². The van der Waals surface area contributed by atoms with Crippen LogP contribution in [0.25, 0.3) is 0 Å². The molecule has 1 unspecified atom stereocenters. The molecule has 20 heavy (non-hydrogen) atoms. The fourth-order valence-electron chi connectivity index (χ4n) is 2.60. The Morgan fingerprint density at radius 3 is 3.05 bits per heavy atom. The Kier molecular flexibility index (Phi) is 4.70. The first kappa shape index (κ1) is 15.3. The monoisotopic (exact) mass is 295 g/mol. The minimum atomic E-state index is -0.259. The lowest BCUT2D eigenvalue weighted by molar-refractivity contribution is -0.150. The van der Waals surface area contributed by atoms with Crippen LogP contribution in [0.1, 0.15) is 25.1 Å². The number of hydrogen-bond acceptors (Lipinski definition) is 5. The van der Waals surface area contributed by atoms with E-state index in [0.717, 1.165) is 18.7 Å². The lowest BCUT2D eigenvalue weighted by atomic mass is 10.0. The molecule has 5 nitrogen and oxygen atoms in total. The van der Waals surface area contributed by atoms with Crippen molar-refractivity contribution >= 4 is 17.2 Å². The summed E-state index contributed by atoms with van der Waals surface area (Å²) in [5.41, 5.74) is 7.10. The highest BCUT2D eigenvalue weighted by molar-refractivity contribution is 7.80. The first-order valence-electron chi connectivity index (χ1n) is 6.65. The number of pyridine rings is 1. The van der Waals surface area contributed by atoms with Crippen molar-refractivity contribution in [1.82, 2.24) is 9.88 Å². The van der Waals surface area contributed by atoms with E-state index in [1.54, 1.807) is 6.20 Å². The first-order chi connectivity index (χ1) is 9.39. The maximum Gasteiger partial charge on any atom is 0.122 e. The van der Waals surface area contributed by atoms with E-state index in [0.29, 0.717) is 17.2 Å². The van der Waals surface area contributed by atoms with Crippen LogP contribution in [0.4, 0.5) is 0 Å². The summed E-state index contributed by atoms with van der Waals surface area (Å²) in [5, 5.41) is 9.33. The minimum Gasteiger partial charge on any atom is -0.394 e. The Morgan fingerprint density at radius 2 is 2.40 bits per heavy atom. The number of rotatable bonds is 4. The van der Waals surface area contributed by atoms with Crippen molar-refractivity contribution in [1.29, 1.82) is 0 Å². The molecule has 110 valence electrons. The summed E-state index contributed by atoms with van der Waals surface area (Å²) < 4.78 is 5.81. The molecule has 1 aliphatic heterocycles. The van der Waals surface area contributed by atoms with Crippen LogP contribution in [0.15, 0.2) is 18.3 Å². The zero-order valence-corrected chi connectivity index (χ0v) is 12.7. The van der Waals surface area contributed by atoms with Crippen LogP contribution in [-0.2, 0) is 11.3 Å². The highest BCUT2D eigenvalue weighted by Gasteiger charge is 2.32. The van der Waals surface area contributed by atoms with Crippen molar-refractivity contribution in [2.75, 3.05) is 19.7 Å². The van der Waals surface area contributed by atoms with E-state index in [1.165, 1.54) is 0 Å². The van der Waals surface area contributed by atoms with Gasteiger partial charge < -0.3 is 15.6 Å². The van der Waals surface area contributed by atoms with Crippen LogP contribution in [0.5, 0.6) is 0 Å². The number of aromatic nitrogens is 1. The molecule has 3 N–H and O–H groups in total. The van der Waals surface area contributed by atoms with Crippen LogP contribution < -0.4 is 5.73 Å². The van der Waals surface area contributed by atoms with Crippen molar-refractivity contribution < 1.29 is 9.84 Å². The number of thiocarbonyl (C=S) groups is 1. The van der Waals surface area contributed by atoms with E-state index in [1.807, 2.05) is 26.0 Å². The molecule has 0 spiro atoms. The summed E-state index contributed by atoms with van der Waals surface area (Å²) >= 11 is 4.95. The second-order valence-corrected chi connectivity index (χ2v) is 6.21. The number of nitrogens with two attached hydrogens (primary N) is 1. The topological polar surface area (TPSA) is 71.6 Å². The largest absolute Gasteiger partial charge is 0.394 e. The van der Waals surface area contributed by atoms with Gasteiger partial charge in [0.15, 0.2) is 0 Å². The maximum absolute atomic E-state index is 9.33. The van der Waals surface area contributed by atoms with Crippen molar-refractivity contribution in [3.8, 4) is 0 Å². The van der Waals surface area contributed by atoms with Crippen molar-refractivity contribution in [3.05, 3.63) is 29.6 Å². The molecule has 0 aliphatic carbocycles. The Labute approximate surface area is 124 Å². The molecule has 2 rings (SSSR count). The van der Waals surface area contributed by atoms with Crippen LogP contribution in [0.3, 0.4) is 0 Å². The molecule has 0 saturated carbocycles. The molecule has 1 atom stereocenters. The van der Waals surface area contributed by atoms with Gasteiger partial charge in [0.05, 0.1) is 24.0 Å². The van der Waals surface area contributed by atoms with Gasteiger partial charge in [-0.2, -0.15) is 0 Å². The molecule has 0 radical (unpaired) electrons. The van der Waals surface area contributed by atoms with E-state index in [9.17, 15) is 5.11 Å². The van der Waals surface area contributed by atoms with E-state index in [2.05, 4.69) is 9.88 Å². The van der Waals surface area contributed by atoms with Gasteiger partial charge in [0.25, 0.3) is 0 Å². The van der Waals surface area contributed by atoms with Gasteiger partial charge >= 0.3 is 0 Å². The molecule has 0 aromatic carbocycles. The van der Waals surface area contributed by atoms with E-state index in [-0.39, 0.29) is 18.3 Å². The van der Waals surface area contributed by atoms with E-state index in [4.69, 9.17) is 22.7 Å². The van der Waals surface area contributed by atoms with Gasteiger partial charge in [-0.05, 0) is 31.5 Å². The SMILES string of the molecule is CC1(C)CN(Cc2ccnc(C(N)=S)c2)CC(CO)O1. The summed E-state index contributed by atoms with van der Waals surface area (Å²) in [5.74, 6) is 0. The lowest BCUT2D eigenvalue weighted by Crippen LogP contribution is -2.53. The van der Waals surface area contributed by atoms with Crippen LogP contribution in [0.2, 0.25) is 0 Å². The second-order valence-electron chi connectivity index (χ2n) is 5.77. The number of ether oxygens (including phenoxy) is 1. The highest BCUT2D eigenvalue weighted by atomic mass is 32.1. The molecule has 2 heterocycles. The molecule has 1 aliphatic rings. The third kappa shape index (κ3) is 3.96. The lowest BCUT2D eigenvalue weighted by Gasteiger charge is -2.42. The number of aliphatic hydroxyl groups is 1. The third-order valence-electron chi connectivity index (χ3n) is 3.24. The average molecular weight is 295 g/mol. The fraction of sp³-hybridized carbons (Fsp3) is 0.571. The third-order valence-corrected chi connectivity index (χ3v) is 3.45. The van der Waals surface area contributed by atoms with Crippen molar-refractivity contribution in [3.63, 3.8) is 0 Å². The predicted molar refractivity (Wildman–Crippen MR) is 81.4 cm³/mol. The molecule has 0 amide bonds. The highest BCUT2D eigenvalue weighted by Crippen LogP contribution is 2.22. The number of hydrogen-bond donors (Lipinski definition) is 2. The smallest absolute Gasteiger partial charge is 0.122 e. The quantitative estimate of drug-likeness (QED) is 0.796. The fourth-order valence-corrected chi connectivity index (χ4v) is 2.71. The molecule has 1 fully saturated rings. The van der Waals surface area contributed by atoms with Crippen LogP contribution in [0, 0.1) is 0 Å². The average Bonchev–Trinajstić information content (AvgIpc) is 2.37. The van der Waals surface area contributed by atoms with Gasteiger partial charge in [-0.15, -0.1) is 0 Å². The normalized spacial score (nSPS) is 22.6. The molecule has 6 heteroatoms.